The smallest absolute Gasteiger partial charge is 0.336 e. The molecule has 4 rings (SSSR count). The predicted molar refractivity (Wildman–Crippen MR) is 129 cm³/mol. The van der Waals surface area contributed by atoms with Crippen molar-refractivity contribution < 1.29 is 28.6 Å². The number of ketones is 1. The highest BCUT2D eigenvalue weighted by Crippen LogP contribution is 2.46. The molecule has 1 N–H and O–H groups in total. The Morgan fingerprint density at radius 2 is 1.77 bits per heavy atom. The lowest BCUT2D eigenvalue weighted by Crippen LogP contribution is -2.43. The fourth-order valence-corrected chi connectivity index (χ4v) is 4.88. The summed E-state index contributed by atoms with van der Waals surface area (Å²) in [5.41, 5.74) is 2.77. The molecule has 0 saturated carbocycles. The first-order valence-electron chi connectivity index (χ1n) is 11.7. The van der Waals surface area contributed by atoms with Crippen LogP contribution in [0.1, 0.15) is 38.7 Å². The van der Waals surface area contributed by atoms with Gasteiger partial charge in [-0.1, -0.05) is 37.3 Å². The lowest BCUT2D eigenvalue weighted by atomic mass is 9.69. The zero-order valence-corrected chi connectivity index (χ0v) is 20.3. The maximum atomic E-state index is 13.8. The van der Waals surface area contributed by atoms with E-state index in [2.05, 4.69) is 5.32 Å². The Morgan fingerprint density at radius 1 is 1.06 bits per heavy atom. The number of nitrogens with one attached hydrogen (secondary N) is 1. The van der Waals surface area contributed by atoms with Crippen LogP contribution in [0.2, 0.25) is 0 Å². The van der Waals surface area contributed by atoms with E-state index in [-0.39, 0.29) is 18.3 Å². The molecule has 1 aliphatic carbocycles. The van der Waals surface area contributed by atoms with Gasteiger partial charge in [-0.15, -0.1) is 0 Å². The van der Waals surface area contributed by atoms with E-state index in [0.717, 1.165) is 0 Å². The lowest BCUT2D eigenvalue weighted by molar-refractivity contribution is -0.151. The lowest BCUT2D eigenvalue weighted by Gasteiger charge is -2.38. The summed E-state index contributed by atoms with van der Waals surface area (Å²) in [5, 5.41) is 3.25. The Morgan fingerprint density at radius 3 is 2.46 bits per heavy atom. The number of dihydropyridines is 1. The van der Waals surface area contributed by atoms with Gasteiger partial charge in [0.15, 0.2) is 5.78 Å². The van der Waals surface area contributed by atoms with Crippen LogP contribution in [-0.2, 0) is 23.9 Å². The molecule has 0 spiro atoms. The summed E-state index contributed by atoms with van der Waals surface area (Å²) in [6.45, 7) is 5.59. The number of para-hydroxylation sites is 1. The van der Waals surface area contributed by atoms with Crippen molar-refractivity contribution in [3.63, 3.8) is 0 Å². The molecule has 1 heterocycles. The standard InChI is InChI=1S/C28H29NO6/c1-5-34-28(32)23-17(3)29-21-14-16(2)22(27(31)33-4)26(30)25(21)24(23)18-10-9-13-20(15-18)35-19-11-7-6-8-12-19/h6-13,15-16,22,24,29H,5,14H2,1-4H3/t16-,22-,24-/m0/s1. The van der Waals surface area contributed by atoms with Crippen LogP contribution >= 0.6 is 0 Å². The van der Waals surface area contributed by atoms with Crippen molar-refractivity contribution in [2.45, 2.75) is 33.1 Å². The number of rotatable bonds is 6. The van der Waals surface area contributed by atoms with Crippen molar-refractivity contribution >= 4 is 17.7 Å². The van der Waals surface area contributed by atoms with Crippen molar-refractivity contribution in [3.05, 3.63) is 82.7 Å². The molecule has 7 heteroatoms. The molecule has 0 fully saturated rings. The molecule has 0 bridgehead atoms. The minimum absolute atomic E-state index is 0.196. The third-order valence-corrected chi connectivity index (χ3v) is 6.41. The predicted octanol–water partition coefficient (Wildman–Crippen LogP) is 4.66. The Kier molecular flexibility index (Phi) is 7.05. The summed E-state index contributed by atoms with van der Waals surface area (Å²) >= 11 is 0. The molecule has 0 radical (unpaired) electrons. The third kappa shape index (κ3) is 4.71. The maximum Gasteiger partial charge on any atom is 0.336 e. The van der Waals surface area contributed by atoms with Crippen molar-refractivity contribution in [2.75, 3.05) is 13.7 Å². The zero-order chi connectivity index (χ0) is 25.1. The highest BCUT2D eigenvalue weighted by Gasteiger charge is 2.47. The second kappa shape index (κ2) is 10.2. The average molecular weight is 476 g/mol. The number of carbonyl (C=O) groups excluding carboxylic acids is 3. The van der Waals surface area contributed by atoms with Gasteiger partial charge in [-0.05, 0) is 56.0 Å². The number of ether oxygens (including phenoxy) is 3. The van der Waals surface area contributed by atoms with Gasteiger partial charge in [0, 0.05) is 22.9 Å². The first-order chi connectivity index (χ1) is 16.8. The van der Waals surface area contributed by atoms with Crippen LogP contribution in [0.25, 0.3) is 0 Å². The topological polar surface area (TPSA) is 90.9 Å². The monoisotopic (exact) mass is 475 g/mol. The van der Waals surface area contributed by atoms with Gasteiger partial charge in [-0.2, -0.15) is 0 Å². The number of Topliss-reactive ketones (excluding diaryl/α,β-unsaturated/α-hetero) is 1. The fraction of sp³-hybridized carbons (Fsp3) is 0.321. The zero-order valence-electron chi connectivity index (χ0n) is 20.3. The molecule has 3 atom stereocenters. The van der Waals surface area contributed by atoms with Crippen LogP contribution in [0.5, 0.6) is 11.5 Å². The van der Waals surface area contributed by atoms with Gasteiger partial charge in [0.2, 0.25) is 0 Å². The molecule has 2 aliphatic rings. The summed E-state index contributed by atoms with van der Waals surface area (Å²) in [6, 6.07) is 16.7. The first kappa shape index (κ1) is 24.3. The van der Waals surface area contributed by atoms with E-state index in [1.165, 1.54) is 7.11 Å². The molecule has 0 unspecified atom stereocenters. The molecule has 0 saturated heterocycles. The molecule has 0 amide bonds. The van der Waals surface area contributed by atoms with Gasteiger partial charge in [0.05, 0.1) is 19.3 Å². The van der Waals surface area contributed by atoms with Crippen molar-refractivity contribution in [1.82, 2.24) is 5.32 Å². The van der Waals surface area contributed by atoms with E-state index in [1.54, 1.807) is 13.8 Å². The minimum atomic E-state index is -0.936. The van der Waals surface area contributed by atoms with E-state index in [9.17, 15) is 14.4 Å². The van der Waals surface area contributed by atoms with Crippen LogP contribution < -0.4 is 10.1 Å². The van der Waals surface area contributed by atoms with Gasteiger partial charge in [0.25, 0.3) is 0 Å². The molecule has 2 aromatic carbocycles. The van der Waals surface area contributed by atoms with Crippen LogP contribution in [0.3, 0.4) is 0 Å². The number of methoxy groups -OCH3 is 1. The van der Waals surface area contributed by atoms with Crippen molar-refractivity contribution in [1.29, 1.82) is 0 Å². The van der Waals surface area contributed by atoms with Crippen LogP contribution in [0, 0.1) is 11.8 Å². The van der Waals surface area contributed by atoms with E-state index in [4.69, 9.17) is 14.2 Å². The molecule has 0 aromatic heterocycles. The van der Waals surface area contributed by atoms with E-state index >= 15 is 0 Å². The molecular weight excluding hydrogens is 446 g/mol. The molecule has 35 heavy (non-hydrogen) atoms. The molecular formula is C28H29NO6. The van der Waals surface area contributed by atoms with Crippen molar-refractivity contribution in [2.24, 2.45) is 11.8 Å². The quantitative estimate of drug-likeness (QED) is 0.480. The fourth-order valence-electron chi connectivity index (χ4n) is 4.88. The second-order valence-corrected chi connectivity index (χ2v) is 8.74. The van der Waals surface area contributed by atoms with Gasteiger partial charge >= 0.3 is 11.9 Å². The number of esters is 2. The van der Waals surface area contributed by atoms with E-state index in [0.29, 0.717) is 46.0 Å². The number of benzene rings is 2. The second-order valence-electron chi connectivity index (χ2n) is 8.74. The largest absolute Gasteiger partial charge is 0.468 e. The number of carbonyl (C=O) groups is 3. The van der Waals surface area contributed by atoms with E-state index < -0.39 is 23.8 Å². The molecule has 182 valence electrons. The van der Waals surface area contributed by atoms with Gasteiger partial charge in [-0.3, -0.25) is 9.59 Å². The Hall–Kier alpha value is -3.87. The summed E-state index contributed by atoms with van der Waals surface area (Å²) < 4.78 is 16.3. The van der Waals surface area contributed by atoms with E-state index in [1.807, 2.05) is 61.5 Å². The number of hydrogen-bond donors (Lipinski definition) is 1. The Balaban J connectivity index is 1.83. The van der Waals surface area contributed by atoms with Crippen LogP contribution in [0.4, 0.5) is 0 Å². The SMILES string of the molecule is CCOC(=O)C1=C(C)NC2=C(C(=O)[C@@H](C(=O)OC)[C@@H](C)C2)[C@H]1c1cccc(Oc2ccccc2)c1. The molecule has 7 nitrogen and oxygen atoms in total. The average Bonchev–Trinajstić information content (AvgIpc) is 2.84. The van der Waals surface area contributed by atoms with Crippen LogP contribution in [0.15, 0.2) is 77.1 Å². The summed E-state index contributed by atoms with van der Waals surface area (Å²) in [4.78, 5) is 39.4. The number of allylic oxidation sites excluding steroid dienone is 3. The normalized spacial score (nSPS) is 21.7. The molecule has 1 aliphatic heterocycles. The Bertz CT molecular complexity index is 1210. The highest BCUT2D eigenvalue weighted by molar-refractivity contribution is 6.12. The summed E-state index contributed by atoms with van der Waals surface area (Å²) in [5.74, 6) is -2.08. The first-order valence-corrected chi connectivity index (χ1v) is 11.7. The highest BCUT2D eigenvalue weighted by atomic mass is 16.5. The van der Waals surface area contributed by atoms with Gasteiger partial charge < -0.3 is 19.5 Å². The van der Waals surface area contributed by atoms with Gasteiger partial charge in [-0.25, -0.2) is 4.79 Å². The summed E-state index contributed by atoms with van der Waals surface area (Å²) in [6.07, 6.45) is 0.477. The maximum absolute atomic E-state index is 13.8. The van der Waals surface area contributed by atoms with Crippen molar-refractivity contribution in [3.8, 4) is 11.5 Å². The minimum Gasteiger partial charge on any atom is -0.468 e. The van der Waals surface area contributed by atoms with Gasteiger partial charge in [0.1, 0.15) is 17.4 Å². The third-order valence-electron chi connectivity index (χ3n) is 6.41. The summed E-state index contributed by atoms with van der Waals surface area (Å²) in [7, 11) is 1.28. The Labute approximate surface area is 204 Å². The van der Waals surface area contributed by atoms with Crippen LogP contribution in [-0.4, -0.2) is 31.4 Å². The molecule has 2 aromatic rings. The number of hydrogen-bond acceptors (Lipinski definition) is 7.